The summed E-state index contributed by atoms with van der Waals surface area (Å²) >= 11 is 1.62. The minimum absolute atomic E-state index is 0.162. The molecule has 1 nitrogen and oxygen atoms in total. The van der Waals surface area contributed by atoms with Crippen LogP contribution in [0.15, 0.2) is 42.5 Å². The molecule has 0 amide bonds. The van der Waals surface area contributed by atoms with Crippen molar-refractivity contribution in [2.75, 3.05) is 0 Å². The van der Waals surface area contributed by atoms with Gasteiger partial charge in [-0.15, -0.1) is 11.3 Å². The van der Waals surface area contributed by atoms with Crippen molar-refractivity contribution in [1.29, 1.82) is 0 Å². The lowest BCUT2D eigenvalue weighted by Crippen LogP contribution is -2.00. The third-order valence-corrected chi connectivity index (χ3v) is 5.58. The molecule has 0 aliphatic heterocycles. The summed E-state index contributed by atoms with van der Waals surface area (Å²) in [5.41, 5.74) is 3.62. The molecule has 0 unspecified atom stereocenters. The minimum Gasteiger partial charge on any atom is -0.288 e. The minimum atomic E-state index is 0.162. The summed E-state index contributed by atoms with van der Waals surface area (Å²) in [5, 5.41) is 2.44. The number of carbonyl (C=O) groups is 1. The van der Waals surface area contributed by atoms with Crippen LogP contribution in [0.25, 0.3) is 10.8 Å². The number of thiophene rings is 1. The lowest BCUT2D eigenvalue weighted by atomic mass is 9.97. The molecule has 0 atom stereocenters. The predicted octanol–water partition coefficient (Wildman–Crippen LogP) is 4.79. The van der Waals surface area contributed by atoms with E-state index in [-0.39, 0.29) is 5.78 Å². The number of ketones is 1. The van der Waals surface area contributed by atoms with E-state index in [0.29, 0.717) is 0 Å². The highest BCUT2D eigenvalue weighted by Crippen LogP contribution is 2.34. The maximum absolute atomic E-state index is 12.8. The van der Waals surface area contributed by atoms with Crippen LogP contribution in [0.1, 0.15) is 38.2 Å². The van der Waals surface area contributed by atoms with Crippen molar-refractivity contribution < 1.29 is 4.79 Å². The molecule has 1 aliphatic carbocycles. The van der Waals surface area contributed by atoms with Gasteiger partial charge in [-0.25, -0.2) is 0 Å². The first-order chi connectivity index (χ1) is 10.3. The highest BCUT2D eigenvalue weighted by atomic mass is 32.1. The lowest BCUT2D eigenvalue weighted by Gasteiger charge is -2.07. The van der Waals surface area contributed by atoms with Gasteiger partial charge in [-0.2, -0.15) is 0 Å². The van der Waals surface area contributed by atoms with Gasteiger partial charge in [0.25, 0.3) is 0 Å². The van der Waals surface area contributed by atoms with Crippen molar-refractivity contribution in [3.63, 3.8) is 0 Å². The molecule has 2 heteroatoms. The second-order valence-corrected chi connectivity index (χ2v) is 6.73. The van der Waals surface area contributed by atoms with E-state index in [1.165, 1.54) is 21.4 Å². The van der Waals surface area contributed by atoms with E-state index in [4.69, 9.17) is 0 Å². The fraction of sp³-hybridized carbons (Fsp3) is 0.211. The molecule has 0 spiro atoms. The van der Waals surface area contributed by atoms with Crippen LogP contribution in [0.2, 0.25) is 0 Å². The van der Waals surface area contributed by atoms with Gasteiger partial charge >= 0.3 is 0 Å². The Balaban J connectivity index is 1.89. The van der Waals surface area contributed by atoms with Crippen LogP contribution in [-0.4, -0.2) is 5.78 Å². The van der Waals surface area contributed by atoms with Crippen LogP contribution in [0.3, 0.4) is 0 Å². The van der Waals surface area contributed by atoms with E-state index in [9.17, 15) is 4.79 Å². The zero-order valence-electron chi connectivity index (χ0n) is 12.0. The van der Waals surface area contributed by atoms with E-state index < -0.39 is 0 Å². The van der Waals surface area contributed by atoms with E-state index in [0.717, 1.165) is 35.1 Å². The van der Waals surface area contributed by atoms with Crippen molar-refractivity contribution in [3.8, 4) is 0 Å². The predicted molar refractivity (Wildman–Crippen MR) is 88.5 cm³/mol. The van der Waals surface area contributed by atoms with E-state index in [1.807, 2.05) is 12.1 Å². The van der Waals surface area contributed by atoms with Gasteiger partial charge in [-0.05, 0) is 53.3 Å². The van der Waals surface area contributed by atoms with Crippen molar-refractivity contribution in [1.82, 2.24) is 0 Å². The Hall–Kier alpha value is -1.93. The summed E-state index contributed by atoms with van der Waals surface area (Å²) < 4.78 is 0. The third-order valence-electron chi connectivity index (χ3n) is 4.36. The molecular formula is C19H16OS. The third kappa shape index (κ3) is 1.94. The van der Waals surface area contributed by atoms with Gasteiger partial charge in [-0.1, -0.05) is 37.3 Å². The SMILES string of the molecule is CCc1ccc(C(=O)c2ccc3c4c(cccc24)CC3)s1. The molecule has 1 aliphatic rings. The van der Waals surface area contributed by atoms with Gasteiger partial charge in [0.2, 0.25) is 5.78 Å². The van der Waals surface area contributed by atoms with Crippen molar-refractivity contribution in [2.24, 2.45) is 0 Å². The summed E-state index contributed by atoms with van der Waals surface area (Å²) in [6, 6.07) is 14.5. The number of hydrogen-bond acceptors (Lipinski definition) is 2. The van der Waals surface area contributed by atoms with Crippen molar-refractivity contribution in [2.45, 2.75) is 26.2 Å². The molecule has 1 heterocycles. The van der Waals surface area contributed by atoms with Gasteiger partial charge in [0, 0.05) is 10.4 Å². The van der Waals surface area contributed by atoms with Crippen LogP contribution < -0.4 is 0 Å². The molecule has 21 heavy (non-hydrogen) atoms. The summed E-state index contributed by atoms with van der Waals surface area (Å²) in [7, 11) is 0. The Morgan fingerprint density at radius 2 is 1.86 bits per heavy atom. The molecule has 3 aromatic rings. The van der Waals surface area contributed by atoms with Gasteiger partial charge in [0.1, 0.15) is 0 Å². The molecule has 0 fully saturated rings. The molecule has 2 aromatic carbocycles. The second kappa shape index (κ2) is 4.81. The Bertz CT molecular complexity index is 847. The number of rotatable bonds is 3. The van der Waals surface area contributed by atoms with E-state index in [1.54, 1.807) is 11.3 Å². The normalized spacial score (nSPS) is 13.0. The zero-order valence-corrected chi connectivity index (χ0v) is 12.8. The first-order valence-electron chi connectivity index (χ1n) is 7.45. The van der Waals surface area contributed by atoms with Gasteiger partial charge in [0.05, 0.1) is 4.88 Å². The summed E-state index contributed by atoms with van der Waals surface area (Å²) in [6.45, 7) is 2.12. The van der Waals surface area contributed by atoms with Gasteiger partial charge in [-0.3, -0.25) is 4.79 Å². The largest absolute Gasteiger partial charge is 0.288 e. The number of aryl methyl sites for hydroxylation is 3. The fourth-order valence-electron chi connectivity index (χ4n) is 3.27. The van der Waals surface area contributed by atoms with Crippen LogP contribution in [0, 0.1) is 0 Å². The smallest absolute Gasteiger partial charge is 0.203 e. The molecule has 1 aromatic heterocycles. The number of benzene rings is 2. The van der Waals surface area contributed by atoms with Crippen LogP contribution in [0.5, 0.6) is 0 Å². The Morgan fingerprint density at radius 1 is 1.05 bits per heavy atom. The van der Waals surface area contributed by atoms with E-state index in [2.05, 4.69) is 37.3 Å². The molecule has 4 rings (SSSR count). The number of carbonyl (C=O) groups excluding carboxylic acids is 1. The molecule has 0 saturated carbocycles. The van der Waals surface area contributed by atoms with Crippen LogP contribution >= 0.6 is 11.3 Å². The highest BCUT2D eigenvalue weighted by molar-refractivity contribution is 7.14. The second-order valence-electron chi connectivity index (χ2n) is 5.56. The topological polar surface area (TPSA) is 17.1 Å². The molecular weight excluding hydrogens is 276 g/mol. The van der Waals surface area contributed by atoms with Gasteiger partial charge < -0.3 is 0 Å². The van der Waals surface area contributed by atoms with Gasteiger partial charge in [0.15, 0.2) is 0 Å². The van der Waals surface area contributed by atoms with E-state index >= 15 is 0 Å². The summed E-state index contributed by atoms with van der Waals surface area (Å²) in [5.74, 6) is 0.162. The zero-order chi connectivity index (χ0) is 14.4. The molecule has 0 saturated heterocycles. The lowest BCUT2D eigenvalue weighted by molar-refractivity contribution is 0.104. The Morgan fingerprint density at radius 3 is 2.62 bits per heavy atom. The quantitative estimate of drug-likeness (QED) is 0.634. The number of hydrogen-bond donors (Lipinski definition) is 0. The fourth-order valence-corrected chi connectivity index (χ4v) is 4.17. The highest BCUT2D eigenvalue weighted by Gasteiger charge is 2.20. The average molecular weight is 292 g/mol. The standard InChI is InChI=1S/C19H16OS/c1-2-14-9-11-17(21-14)19(20)16-10-8-13-7-6-12-4-3-5-15(16)18(12)13/h3-5,8-11H,2,6-7H2,1H3. The van der Waals surface area contributed by atoms with Crippen molar-refractivity contribution in [3.05, 3.63) is 68.9 Å². The van der Waals surface area contributed by atoms with Crippen LogP contribution in [0.4, 0.5) is 0 Å². The maximum atomic E-state index is 12.8. The molecule has 0 bridgehead atoms. The summed E-state index contributed by atoms with van der Waals surface area (Å²) in [4.78, 5) is 15.0. The van der Waals surface area contributed by atoms with Crippen molar-refractivity contribution >= 4 is 27.9 Å². The summed E-state index contributed by atoms with van der Waals surface area (Å²) in [6.07, 6.45) is 3.19. The maximum Gasteiger partial charge on any atom is 0.203 e. The average Bonchev–Trinajstić information content (AvgIpc) is 3.15. The molecule has 0 radical (unpaired) electrons. The molecule has 104 valence electrons. The van der Waals surface area contributed by atoms with Crippen LogP contribution in [-0.2, 0) is 19.3 Å². The Kier molecular flexibility index (Phi) is 2.93. The Labute approximate surface area is 128 Å². The monoisotopic (exact) mass is 292 g/mol. The first-order valence-corrected chi connectivity index (χ1v) is 8.26. The molecule has 0 N–H and O–H groups in total. The first kappa shape index (κ1) is 12.8.